The largest absolute Gasteiger partial charge is 0.325 e. The Morgan fingerprint density at radius 2 is 2.00 bits per heavy atom. The van der Waals surface area contributed by atoms with E-state index in [1.807, 2.05) is 6.07 Å². The zero-order chi connectivity index (χ0) is 14.5. The minimum Gasteiger partial charge on any atom is -0.325 e. The summed E-state index contributed by atoms with van der Waals surface area (Å²) in [6.07, 6.45) is 0.774. The molecular weight excluding hydrogens is 245 g/mol. The average Bonchev–Trinajstić information content (AvgIpc) is 2.43. The summed E-state index contributed by atoms with van der Waals surface area (Å²) in [5.74, 6) is -1.08. The summed E-state index contributed by atoms with van der Waals surface area (Å²) in [6, 6.07) is 7.45. The van der Waals surface area contributed by atoms with Crippen molar-refractivity contribution in [1.82, 2.24) is 0 Å². The highest BCUT2D eigenvalue weighted by Gasteiger charge is 2.35. The molecule has 1 aromatic carbocycles. The van der Waals surface area contributed by atoms with Crippen molar-refractivity contribution in [3.8, 4) is 12.1 Å². The van der Waals surface area contributed by atoms with Crippen LogP contribution < -0.4 is 5.32 Å². The first-order valence-corrected chi connectivity index (χ1v) is 5.95. The molecule has 0 aliphatic rings. The summed E-state index contributed by atoms with van der Waals surface area (Å²) >= 11 is 0. The summed E-state index contributed by atoms with van der Waals surface area (Å²) in [7, 11) is 0. The molecule has 0 saturated carbocycles. The normalized spacial score (nSPS) is 10.4. The molecule has 0 heterocycles. The van der Waals surface area contributed by atoms with Gasteiger partial charge in [0.15, 0.2) is 0 Å². The number of hydrogen-bond acceptors (Lipinski definition) is 3. The molecule has 0 radical (unpaired) electrons. The molecule has 0 atom stereocenters. The van der Waals surface area contributed by atoms with Crippen molar-refractivity contribution < 1.29 is 9.18 Å². The molecule has 1 N–H and O–H groups in total. The molecule has 0 saturated heterocycles. The molecule has 0 bridgehead atoms. The Kier molecular flexibility index (Phi) is 4.61. The SMILES string of the molecule is CCC(C#N)(CC)C(=O)Nc1ccc(F)c(C#N)c1. The first-order valence-electron chi connectivity index (χ1n) is 5.95. The fourth-order valence-electron chi connectivity index (χ4n) is 1.72. The van der Waals surface area contributed by atoms with Crippen molar-refractivity contribution in [2.45, 2.75) is 26.7 Å². The molecule has 0 aliphatic heterocycles. The second-order valence-corrected chi connectivity index (χ2v) is 4.16. The van der Waals surface area contributed by atoms with Crippen LogP contribution in [0.25, 0.3) is 0 Å². The number of nitrogens with zero attached hydrogens (tertiary/aromatic N) is 2. The fourth-order valence-corrected chi connectivity index (χ4v) is 1.72. The molecule has 1 amide bonds. The summed E-state index contributed by atoms with van der Waals surface area (Å²) in [5, 5.41) is 20.4. The highest BCUT2D eigenvalue weighted by molar-refractivity contribution is 5.97. The van der Waals surface area contributed by atoms with Gasteiger partial charge in [-0.3, -0.25) is 4.79 Å². The molecular formula is C14H14FN3O. The zero-order valence-corrected chi connectivity index (χ0v) is 10.8. The van der Waals surface area contributed by atoms with E-state index in [0.717, 1.165) is 6.07 Å². The van der Waals surface area contributed by atoms with Crippen LogP contribution in [0, 0.1) is 33.9 Å². The highest BCUT2D eigenvalue weighted by Crippen LogP contribution is 2.27. The minimum absolute atomic E-state index is 0.145. The predicted octanol–water partition coefficient (Wildman–Crippen LogP) is 2.97. The van der Waals surface area contributed by atoms with Crippen molar-refractivity contribution in [3.63, 3.8) is 0 Å². The summed E-state index contributed by atoms with van der Waals surface area (Å²) < 4.78 is 13.2. The van der Waals surface area contributed by atoms with E-state index in [1.54, 1.807) is 19.9 Å². The second kappa shape index (κ2) is 5.97. The minimum atomic E-state index is -1.10. The van der Waals surface area contributed by atoms with E-state index in [1.165, 1.54) is 12.1 Å². The number of hydrogen-bond donors (Lipinski definition) is 1. The van der Waals surface area contributed by atoms with Crippen molar-refractivity contribution >= 4 is 11.6 Å². The molecule has 98 valence electrons. The molecule has 4 nitrogen and oxygen atoms in total. The molecule has 0 aliphatic carbocycles. The van der Waals surface area contributed by atoms with Crippen LogP contribution in [0.5, 0.6) is 0 Å². The van der Waals surface area contributed by atoms with Crippen LogP contribution in [0.3, 0.4) is 0 Å². The first-order chi connectivity index (χ1) is 9.02. The van der Waals surface area contributed by atoms with Gasteiger partial charge in [-0.1, -0.05) is 13.8 Å². The van der Waals surface area contributed by atoms with Crippen LogP contribution in [-0.2, 0) is 4.79 Å². The molecule has 5 heteroatoms. The molecule has 0 fully saturated rings. The third-order valence-corrected chi connectivity index (χ3v) is 3.20. The number of carbonyl (C=O) groups is 1. The van der Waals surface area contributed by atoms with Gasteiger partial charge >= 0.3 is 0 Å². The summed E-state index contributed by atoms with van der Waals surface area (Å²) in [4.78, 5) is 12.1. The fraction of sp³-hybridized carbons (Fsp3) is 0.357. The van der Waals surface area contributed by atoms with Crippen LogP contribution >= 0.6 is 0 Å². The highest BCUT2D eigenvalue weighted by atomic mass is 19.1. The number of amides is 1. The maximum atomic E-state index is 13.2. The molecule has 0 unspecified atom stereocenters. The Labute approximate surface area is 111 Å². The number of nitriles is 2. The predicted molar refractivity (Wildman–Crippen MR) is 68.4 cm³/mol. The van der Waals surface area contributed by atoms with Crippen LogP contribution in [0.4, 0.5) is 10.1 Å². The second-order valence-electron chi connectivity index (χ2n) is 4.16. The van der Waals surface area contributed by atoms with E-state index in [4.69, 9.17) is 10.5 Å². The number of halogens is 1. The Balaban J connectivity index is 3.01. The van der Waals surface area contributed by atoms with Gasteiger partial charge in [-0.15, -0.1) is 0 Å². The van der Waals surface area contributed by atoms with E-state index in [9.17, 15) is 9.18 Å². The van der Waals surface area contributed by atoms with Gasteiger partial charge in [-0.2, -0.15) is 10.5 Å². The quantitative estimate of drug-likeness (QED) is 0.903. The average molecular weight is 259 g/mol. The van der Waals surface area contributed by atoms with Gasteiger partial charge in [-0.25, -0.2) is 4.39 Å². The molecule has 1 aromatic rings. The van der Waals surface area contributed by atoms with Gasteiger partial charge < -0.3 is 5.32 Å². The Bertz CT molecular complexity index is 565. The van der Waals surface area contributed by atoms with E-state index in [0.29, 0.717) is 18.5 Å². The van der Waals surface area contributed by atoms with Crippen molar-refractivity contribution in [1.29, 1.82) is 10.5 Å². The number of rotatable bonds is 4. The van der Waals surface area contributed by atoms with Gasteiger partial charge in [0.1, 0.15) is 17.3 Å². The van der Waals surface area contributed by atoms with Gasteiger partial charge in [0.2, 0.25) is 5.91 Å². The van der Waals surface area contributed by atoms with Crippen molar-refractivity contribution in [3.05, 3.63) is 29.6 Å². The first kappa shape index (κ1) is 14.7. The smallest absolute Gasteiger partial charge is 0.244 e. The maximum absolute atomic E-state index is 13.2. The Hall–Kier alpha value is -2.40. The standard InChI is InChI=1S/C14H14FN3O/c1-3-14(4-2,9-17)13(19)18-11-5-6-12(15)10(7-11)8-16/h5-7H,3-4H2,1-2H3,(H,18,19). The lowest BCUT2D eigenvalue weighted by molar-refractivity contribution is -0.123. The lowest BCUT2D eigenvalue weighted by Crippen LogP contribution is -2.33. The van der Waals surface area contributed by atoms with E-state index < -0.39 is 17.1 Å². The van der Waals surface area contributed by atoms with Gasteiger partial charge in [0.25, 0.3) is 0 Å². The third kappa shape index (κ3) is 2.89. The van der Waals surface area contributed by atoms with Crippen LogP contribution in [-0.4, -0.2) is 5.91 Å². The topological polar surface area (TPSA) is 76.7 Å². The zero-order valence-electron chi connectivity index (χ0n) is 10.8. The number of carbonyl (C=O) groups excluding carboxylic acids is 1. The molecule has 1 rings (SSSR count). The van der Waals surface area contributed by atoms with Crippen LogP contribution in [0.2, 0.25) is 0 Å². The van der Waals surface area contributed by atoms with Crippen LogP contribution in [0.1, 0.15) is 32.3 Å². The van der Waals surface area contributed by atoms with E-state index >= 15 is 0 Å². The van der Waals surface area contributed by atoms with Gasteiger partial charge in [0.05, 0.1) is 11.6 Å². The molecule has 0 spiro atoms. The van der Waals surface area contributed by atoms with Crippen LogP contribution in [0.15, 0.2) is 18.2 Å². The maximum Gasteiger partial charge on any atom is 0.244 e. The number of anilines is 1. The lowest BCUT2D eigenvalue weighted by atomic mass is 9.83. The molecule has 19 heavy (non-hydrogen) atoms. The van der Waals surface area contributed by atoms with E-state index in [2.05, 4.69) is 5.32 Å². The Morgan fingerprint density at radius 1 is 1.37 bits per heavy atom. The lowest BCUT2D eigenvalue weighted by Gasteiger charge is -2.22. The number of benzene rings is 1. The van der Waals surface area contributed by atoms with Gasteiger partial charge in [0, 0.05) is 5.69 Å². The molecule has 0 aromatic heterocycles. The van der Waals surface area contributed by atoms with Crippen molar-refractivity contribution in [2.75, 3.05) is 5.32 Å². The monoisotopic (exact) mass is 259 g/mol. The van der Waals surface area contributed by atoms with Crippen molar-refractivity contribution in [2.24, 2.45) is 5.41 Å². The summed E-state index contributed by atoms with van der Waals surface area (Å²) in [5.41, 5.74) is -0.931. The third-order valence-electron chi connectivity index (χ3n) is 3.20. The summed E-state index contributed by atoms with van der Waals surface area (Å²) in [6.45, 7) is 3.52. The Morgan fingerprint density at radius 3 is 2.47 bits per heavy atom. The van der Waals surface area contributed by atoms with Gasteiger partial charge in [-0.05, 0) is 31.0 Å². The number of nitrogens with one attached hydrogen (secondary N) is 1. The van der Waals surface area contributed by atoms with E-state index in [-0.39, 0.29) is 5.56 Å².